The average molecular weight is 368 g/mol. The number of rotatable bonds is 4. The SMILES string of the molecule is Cc1nc(C(=O)NC(c2ccc(Cl)cc2)c2ccsc2)ccc1C#N. The van der Waals surface area contributed by atoms with Crippen LogP contribution in [0.15, 0.2) is 53.2 Å². The van der Waals surface area contributed by atoms with Crippen molar-refractivity contribution in [1.82, 2.24) is 10.3 Å². The number of nitrogens with one attached hydrogen (secondary N) is 1. The van der Waals surface area contributed by atoms with Crippen molar-refractivity contribution < 1.29 is 4.79 Å². The molecule has 0 aliphatic heterocycles. The molecule has 0 spiro atoms. The molecule has 0 aliphatic rings. The molecule has 2 aromatic heterocycles. The van der Waals surface area contributed by atoms with Gasteiger partial charge in [-0.3, -0.25) is 4.79 Å². The standard InChI is InChI=1S/C19H14ClN3OS/c1-12-14(10-21)4-7-17(22-12)19(24)23-18(15-8-9-25-11-15)13-2-5-16(20)6-3-13/h2-9,11,18H,1H3,(H,23,24). The molecule has 124 valence electrons. The Labute approximate surface area is 154 Å². The zero-order valence-corrected chi connectivity index (χ0v) is 14.9. The van der Waals surface area contributed by atoms with Crippen molar-refractivity contribution in [3.8, 4) is 6.07 Å². The first-order valence-electron chi connectivity index (χ1n) is 7.54. The first-order valence-corrected chi connectivity index (χ1v) is 8.86. The third kappa shape index (κ3) is 3.87. The maximum absolute atomic E-state index is 12.7. The van der Waals surface area contributed by atoms with E-state index in [1.165, 1.54) is 0 Å². The van der Waals surface area contributed by atoms with Crippen molar-refractivity contribution in [3.05, 3.63) is 86.3 Å². The Morgan fingerprint density at radius 3 is 2.56 bits per heavy atom. The van der Waals surface area contributed by atoms with Crippen LogP contribution >= 0.6 is 22.9 Å². The number of hydrogen-bond acceptors (Lipinski definition) is 4. The lowest BCUT2D eigenvalue weighted by atomic mass is 10.0. The normalized spacial score (nSPS) is 11.6. The molecular formula is C19H14ClN3OS. The molecule has 1 atom stereocenters. The van der Waals surface area contributed by atoms with Crippen LogP contribution in [-0.2, 0) is 0 Å². The molecule has 0 fully saturated rings. The van der Waals surface area contributed by atoms with E-state index in [0.717, 1.165) is 11.1 Å². The van der Waals surface area contributed by atoms with Gasteiger partial charge in [-0.1, -0.05) is 23.7 Å². The highest BCUT2D eigenvalue weighted by Crippen LogP contribution is 2.25. The molecule has 0 aliphatic carbocycles. The van der Waals surface area contributed by atoms with Gasteiger partial charge in [0, 0.05) is 5.02 Å². The fourth-order valence-corrected chi connectivity index (χ4v) is 3.28. The van der Waals surface area contributed by atoms with Gasteiger partial charge in [0.25, 0.3) is 5.91 Å². The summed E-state index contributed by atoms with van der Waals surface area (Å²) in [5.41, 5.74) is 3.20. The molecule has 1 aromatic carbocycles. The summed E-state index contributed by atoms with van der Waals surface area (Å²) in [6.07, 6.45) is 0. The molecule has 3 aromatic rings. The van der Waals surface area contributed by atoms with Crippen LogP contribution in [-0.4, -0.2) is 10.9 Å². The number of nitriles is 1. The Morgan fingerprint density at radius 2 is 1.96 bits per heavy atom. The number of thiophene rings is 1. The molecule has 1 unspecified atom stereocenters. The van der Waals surface area contributed by atoms with Crippen molar-refractivity contribution in [2.24, 2.45) is 0 Å². The number of halogens is 1. The predicted octanol–water partition coefficient (Wildman–Crippen LogP) is 4.50. The Kier molecular flexibility index (Phi) is 5.13. The fourth-order valence-electron chi connectivity index (χ4n) is 2.46. The second-order valence-electron chi connectivity index (χ2n) is 5.46. The smallest absolute Gasteiger partial charge is 0.270 e. The lowest BCUT2D eigenvalue weighted by molar-refractivity contribution is 0.0938. The van der Waals surface area contributed by atoms with Crippen LogP contribution in [0.2, 0.25) is 5.02 Å². The summed E-state index contributed by atoms with van der Waals surface area (Å²) in [6.45, 7) is 1.71. The van der Waals surface area contributed by atoms with Gasteiger partial charge in [-0.2, -0.15) is 16.6 Å². The largest absolute Gasteiger partial charge is 0.340 e. The van der Waals surface area contributed by atoms with Crippen LogP contribution < -0.4 is 5.32 Å². The summed E-state index contributed by atoms with van der Waals surface area (Å²) in [4.78, 5) is 16.9. The number of aromatic nitrogens is 1. The number of carbonyl (C=O) groups is 1. The maximum atomic E-state index is 12.7. The molecule has 0 bridgehead atoms. The number of carbonyl (C=O) groups excluding carboxylic acids is 1. The van der Waals surface area contributed by atoms with Gasteiger partial charge in [-0.25, -0.2) is 4.98 Å². The van der Waals surface area contributed by atoms with E-state index in [4.69, 9.17) is 16.9 Å². The molecule has 1 amide bonds. The lowest BCUT2D eigenvalue weighted by Gasteiger charge is -2.18. The van der Waals surface area contributed by atoms with Crippen molar-refractivity contribution in [1.29, 1.82) is 5.26 Å². The van der Waals surface area contributed by atoms with Crippen LogP contribution in [0.4, 0.5) is 0 Å². The highest BCUT2D eigenvalue weighted by atomic mass is 35.5. The third-order valence-corrected chi connectivity index (χ3v) is 4.75. The number of amides is 1. The van der Waals surface area contributed by atoms with Crippen LogP contribution in [0.5, 0.6) is 0 Å². The highest BCUT2D eigenvalue weighted by Gasteiger charge is 2.19. The van der Waals surface area contributed by atoms with Gasteiger partial charge in [-0.05, 0) is 59.1 Å². The van der Waals surface area contributed by atoms with Gasteiger partial charge in [0.05, 0.1) is 17.3 Å². The molecule has 2 heterocycles. The Balaban J connectivity index is 1.90. The van der Waals surface area contributed by atoms with Crippen LogP contribution in [0.1, 0.15) is 38.9 Å². The van der Waals surface area contributed by atoms with Gasteiger partial charge < -0.3 is 5.32 Å². The second kappa shape index (κ2) is 7.47. The summed E-state index contributed by atoms with van der Waals surface area (Å²) >= 11 is 7.53. The number of hydrogen-bond donors (Lipinski definition) is 1. The molecule has 1 N–H and O–H groups in total. The summed E-state index contributed by atoms with van der Waals surface area (Å²) in [5, 5.41) is 16.6. The Hall–Kier alpha value is -2.68. The molecule has 4 nitrogen and oxygen atoms in total. The third-order valence-electron chi connectivity index (χ3n) is 3.79. The number of nitrogens with zero attached hydrogens (tertiary/aromatic N) is 2. The Morgan fingerprint density at radius 1 is 1.20 bits per heavy atom. The van der Waals surface area contributed by atoms with Gasteiger partial charge in [0.2, 0.25) is 0 Å². The van der Waals surface area contributed by atoms with Gasteiger partial charge in [-0.15, -0.1) is 0 Å². The monoisotopic (exact) mass is 367 g/mol. The maximum Gasteiger partial charge on any atom is 0.270 e. The number of pyridine rings is 1. The van der Waals surface area contributed by atoms with Gasteiger partial charge >= 0.3 is 0 Å². The molecule has 0 radical (unpaired) electrons. The molecule has 0 saturated carbocycles. The van der Waals surface area contributed by atoms with E-state index in [2.05, 4.69) is 16.4 Å². The summed E-state index contributed by atoms with van der Waals surface area (Å²) in [5.74, 6) is -0.293. The van der Waals surface area contributed by atoms with Gasteiger partial charge in [0.1, 0.15) is 11.8 Å². The van der Waals surface area contributed by atoms with Crippen LogP contribution in [0, 0.1) is 18.3 Å². The summed E-state index contributed by atoms with van der Waals surface area (Å²) in [6, 6.07) is 14.3. The molecule has 25 heavy (non-hydrogen) atoms. The number of benzene rings is 1. The van der Waals surface area contributed by atoms with E-state index >= 15 is 0 Å². The van der Waals surface area contributed by atoms with Crippen molar-refractivity contribution in [3.63, 3.8) is 0 Å². The average Bonchev–Trinajstić information content (AvgIpc) is 3.14. The minimum Gasteiger partial charge on any atom is -0.340 e. The first-order chi connectivity index (χ1) is 12.1. The minimum absolute atomic E-state index is 0.283. The van der Waals surface area contributed by atoms with Gasteiger partial charge in [0.15, 0.2) is 0 Å². The van der Waals surface area contributed by atoms with E-state index < -0.39 is 0 Å². The summed E-state index contributed by atoms with van der Waals surface area (Å²) < 4.78 is 0. The molecule has 0 saturated heterocycles. The summed E-state index contributed by atoms with van der Waals surface area (Å²) in [7, 11) is 0. The molecule has 6 heteroatoms. The Bertz CT molecular complexity index is 930. The first kappa shape index (κ1) is 17.2. The molecular weight excluding hydrogens is 354 g/mol. The topological polar surface area (TPSA) is 65.8 Å². The van der Waals surface area contributed by atoms with E-state index in [9.17, 15) is 4.79 Å². The van der Waals surface area contributed by atoms with E-state index in [1.54, 1.807) is 42.5 Å². The van der Waals surface area contributed by atoms with E-state index in [0.29, 0.717) is 16.3 Å². The van der Waals surface area contributed by atoms with E-state index in [-0.39, 0.29) is 17.6 Å². The zero-order chi connectivity index (χ0) is 17.8. The van der Waals surface area contributed by atoms with Crippen molar-refractivity contribution in [2.45, 2.75) is 13.0 Å². The predicted molar refractivity (Wildman–Crippen MR) is 98.8 cm³/mol. The van der Waals surface area contributed by atoms with Crippen LogP contribution in [0.25, 0.3) is 0 Å². The lowest BCUT2D eigenvalue weighted by Crippen LogP contribution is -2.30. The minimum atomic E-state index is -0.297. The van der Waals surface area contributed by atoms with Crippen molar-refractivity contribution in [2.75, 3.05) is 0 Å². The van der Waals surface area contributed by atoms with Crippen LogP contribution in [0.3, 0.4) is 0 Å². The highest BCUT2D eigenvalue weighted by molar-refractivity contribution is 7.08. The molecule has 3 rings (SSSR count). The van der Waals surface area contributed by atoms with Crippen molar-refractivity contribution >= 4 is 28.8 Å². The second-order valence-corrected chi connectivity index (χ2v) is 6.67. The zero-order valence-electron chi connectivity index (χ0n) is 13.4. The number of aryl methyl sites for hydroxylation is 1. The fraction of sp³-hybridized carbons (Fsp3) is 0.105. The quantitative estimate of drug-likeness (QED) is 0.738. The van der Waals surface area contributed by atoms with E-state index in [1.807, 2.05) is 29.0 Å².